The lowest BCUT2D eigenvalue weighted by Crippen LogP contribution is -2.28. The summed E-state index contributed by atoms with van der Waals surface area (Å²) in [6.45, 7) is 0. The van der Waals surface area contributed by atoms with Gasteiger partial charge in [0.15, 0.2) is 11.5 Å². The summed E-state index contributed by atoms with van der Waals surface area (Å²) in [7, 11) is 1.44. The molecule has 0 radical (unpaired) electrons. The van der Waals surface area contributed by atoms with Crippen molar-refractivity contribution in [3.05, 3.63) is 34.3 Å². The largest absolute Gasteiger partial charge is 0.503 e. The number of methoxy groups -OCH3 is 1. The molecule has 1 saturated heterocycles. The van der Waals surface area contributed by atoms with Gasteiger partial charge in [-0.3, -0.25) is 9.59 Å². The molecule has 1 aliphatic heterocycles. The molecular formula is C17H15BrN2O4. The summed E-state index contributed by atoms with van der Waals surface area (Å²) in [6, 6.07) is 3.22. The minimum atomic E-state index is -0.259. The topological polar surface area (TPSA) is 79.2 Å². The van der Waals surface area contributed by atoms with E-state index in [0.29, 0.717) is 10.0 Å². The normalized spacial score (nSPS) is 30.7. The van der Waals surface area contributed by atoms with E-state index in [2.05, 4.69) is 21.0 Å². The number of phenols is 1. The Morgan fingerprint density at radius 3 is 2.46 bits per heavy atom. The summed E-state index contributed by atoms with van der Waals surface area (Å²) in [5.41, 5.74) is 0.607. The molecule has 2 fully saturated rings. The Bertz CT molecular complexity index is 774. The van der Waals surface area contributed by atoms with Crippen LogP contribution in [0, 0.1) is 23.7 Å². The lowest BCUT2D eigenvalue weighted by molar-refractivity contribution is -0.140. The Hall–Kier alpha value is -2.15. The highest BCUT2D eigenvalue weighted by Crippen LogP contribution is 2.52. The van der Waals surface area contributed by atoms with Gasteiger partial charge in [0.1, 0.15) is 0 Å². The molecule has 4 atom stereocenters. The number of allylic oxidation sites excluding steroid dienone is 2. The van der Waals surface area contributed by atoms with Crippen molar-refractivity contribution >= 4 is 34.0 Å². The van der Waals surface area contributed by atoms with Crippen LogP contribution in [-0.4, -0.2) is 35.3 Å². The van der Waals surface area contributed by atoms with Crippen molar-refractivity contribution in [2.75, 3.05) is 7.11 Å². The molecule has 2 aliphatic carbocycles. The van der Waals surface area contributed by atoms with Gasteiger partial charge in [-0.1, -0.05) is 12.2 Å². The number of carbonyl (C=O) groups is 2. The first-order valence-electron chi connectivity index (χ1n) is 7.68. The molecule has 1 aromatic rings. The number of halogens is 1. The molecule has 4 rings (SSSR count). The second-order valence-corrected chi connectivity index (χ2v) is 7.14. The zero-order valence-electron chi connectivity index (χ0n) is 12.8. The maximum atomic E-state index is 12.5. The summed E-state index contributed by atoms with van der Waals surface area (Å²) in [5, 5.41) is 14.9. The first kappa shape index (κ1) is 15.4. The predicted molar refractivity (Wildman–Crippen MR) is 89.5 cm³/mol. The third-order valence-corrected chi connectivity index (χ3v) is 5.64. The molecule has 0 spiro atoms. The van der Waals surface area contributed by atoms with Crippen LogP contribution in [0.25, 0.3) is 0 Å². The maximum absolute atomic E-state index is 12.5. The number of imide groups is 1. The molecule has 1 saturated carbocycles. The van der Waals surface area contributed by atoms with Crippen molar-refractivity contribution in [2.24, 2.45) is 28.8 Å². The van der Waals surface area contributed by atoms with Crippen molar-refractivity contribution < 1.29 is 19.4 Å². The highest BCUT2D eigenvalue weighted by molar-refractivity contribution is 9.10. The monoisotopic (exact) mass is 390 g/mol. The van der Waals surface area contributed by atoms with E-state index in [9.17, 15) is 14.7 Å². The van der Waals surface area contributed by atoms with Gasteiger partial charge < -0.3 is 9.84 Å². The average molecular weight is 391 g/mol. The smallest absolute Gasteiger partial charge is 0.254 e. The van der Waals surface area contributed by atoms with Gasteiger partial charge in [0.2, 0.25) is 0 Å². The van der Waals surface area contributed by atoms with Gasteiger partial charge >= 0.3 is 0 Å². The zero-order chi connectivity index (χ0) is 17.0. The van der Waals surface area contributed by atoms with E-state index in [1.165, 1.54) is 13.3 Å². The third-order valence-electron chi connectivity index (χ3n) is 5.04. The summed E-state index contributed by atoms with van der Waals surface area (Å²) in [4.78, 5) is 25.1. The van der Waals surface area contributed by atoms with Crippen LogP contribution < -0.4 is 4.74 Å². The number of phenolic OH excluding ortho intramolecular Hbond substituents is 1. The summed E-state index contributed by atoms with van der Waals surface area (Å²) in [6.07, 6.45) is 6.42. The number of amides is 2. The lowest BCUT2D eigenvalue weighted by Gasteiger charge is -2.13. The van der Waals surface area contributed by atoms with Crippen molar-refractivity contribution in [3.8, 4) is 11.5 Å². The molecule has 2 amide bonds. The highest BCUT2D eigenvalue weighted by atomic mass is 79.9. The van der Waals surface area contributed by atoms with E-state index in [0.717, 1.165) is 11.4 Å². The first-order valence-corrected chi connectivity index (χ1v) is 8.47. The number of hydrogen-bond acceptors (Lipinski definition) is 5. The van der Waals surface area contributed by atoms with Crippen LogP contribution in [0.3, 0.4) is 0 Å². The Morgan fingerprint density at radius 2 is 1.88 bits per heavy atom. The number of hydrogen-bond donors (Lipinski definition) is 1. The molecule has 1 heterocycles. The lowest BCUT2D eigenvalue weighted by atomic mass is 9.85. The summed E-state index contributed by atoms with van der Waals surface area (Å²) >= 11 is 3.23. The molecule has 1 N–H and O–H groups in total. The molecule has 24 heavy (non-hydrogen) atoms. The van der Waals surface area contributed by atoms with Crippen LogP contribution in [-0.2, 0) is 9.59 Å². The standard InChI is InChI=1S/C17H15BrN2O4/c1-24-12-5-8(4-11(18)15(12)21)7-19-20-16(22)13-9-2-3-10(6-9)14(13)17(20)23/h2-5,7,9-10,13-14,21H,6H2,1H3/b19-7-/t9-,10-,13-,14-/m0/s1. The summed E-state index contributed by atoms with van der Waals surface area (Å²) < 4.78 is 5.53. The molecule has 124 valence electrons. The molecule has 7 heteroatoms. The fourth-order valence-corrected chi connectivity index (χ4v) is 4.41. The van der Waals surface area contributed by atoms with E-state index < -0.39 is 0 Å². The van der Waals surface area contributed by atoms with Crippen molar-refractivity contribution in [2.45, 2.75) is 6.42 Å². The Morgan fingerprint density at radius 1 is 1.25 bits per heavy atom. The van der Waals surface area contributed by atoms with Gasteiger partial charge in [-0.25, -0.2) is 0 Å². The van der Waals surface area contributed by atoms with Crippen LogP contribution in [0.1, 0.15) is 12.0 Å². The van der Waals surface area contributed by atoms with Gasteiger partial charge in [-0.15, -0.1) is 0 Å². The van der Waals surface area contributed by atoms with Crippen LogP contribution in [0.5, 0.6) is 11.5 Å². The van der Waals surface area contributed by atoms with Gasteiger partial charge in [0.25, 0.3) is 11.8 Å². The third kappa shape index (κ3) is 2.11. The second kappa shape index (κ2) is 5.44. The fraction of sp³-hybridized carbons (Fsp3) is 0.353. The van der Waals surface area contributed by atoms with Gasteiger partial charge in [-0.2, -0.15) is 10.1 Å². The Kier molecular flexibility index (Phi) is 3.49. The van der Waals surface area contributed by atoms with Crippen molar-refractivity contribution in [1.82, 2.24) is 5.01 Å². The van der Waals surface area contributed by atoms with Gasteiger partial charge in [-0.05, 0) is 51.9 Å². The van der Waals surface area contributed by atoms with Crippen LogP contribution >= 0.6 is 15.9 Å². The zero-order valence-corrected chi connectivity index (χ0v) is 14.4. The molecular weight excluding hydrogens is 376 g/mol. The van der Waals surface area contributed by atoms with Crippen molar-refractivity contribution in [3.63, 3.8) is 0 Å². The summed E-state index contributed by atoms with van der Waals surface area (Å²) in [5.74, 6) is -0.356. The SMILES string of the molecule is COc1cc(/C=N\N2C(=O)[C@@H]3[C@@H](C2=O)[C@H]2C=C[C@H]3C2)cc(Br)c1O. The van der Waals surface area contributed by atoms with E-state index in [1.54, 1.807) is 12.1 Å². The number of hydrazone groups is 1. The van der Waals surface area contributed by atoms with Crippen LogP contribution in [0.4, 0.5) is 0 Å². The Labute approximate surface area is 146 Å². The molecule has 1 aromatic carbocycles. The minimum absolute atomic E-state index is 0.0137. The minimum Gasteiger partial charge on any atom is -0.503 e. The van der Waals surface area contributed by atoms with E-state index in [-0.39, 0.29) is 47.0 Å². The number of aromatic hydroxyl groups is 1. The van der Waals surface area contributed by atoms with Gasteiger partial charge in [0.05, 0.1) is 29.6 Å². The van der Waals surface area contributed by atoms with E-state index >= 15 is 0 Å². The number of rotatable bonds is 3. The van der Waals surface area contributed by atoms with E-state index in [4.69, 9.17) is 4.74 Å². The molecule has 0 aromatic heterocycles. The van der Waals surface area contributed by atoms with Crippen molar-refractivity contribution in [1.29, 1.82) is 0 Å². The van der Waals surface area contributed by atoms with Crippen LogP contribution in [0.15, 0.2) is 33.9 Å². The first-order chi connectivity index (χ1) is 11.5. The van der Waals surface area contributed by atoms with Gasteiger partial charge in [0, 0.05) is 0 Å². The highest BCUT2D eigenvalue weighted by Gasteiger charge is 2.59. The number of carbonyl (C=O) groups excluding carboxylic acids is 2. The number of ether oxygens (including phenoxy) is 1. The molecule has 0 unspecified atom stereocenters. The molecule has 6 nitrogen and oxygen atoms in total. The number of fused-ring (bicyclic) bond motifs is 5. The molecule has 2 bridgehead atoms. The number of nitrogens with zero attached hydrogens (tertiary/aromatic N) is 2. The predicted octanol–water partition coefficient (Wildman–Crippen LogP) is 2.30. The van der Waals surface area contributed by atoms with Crippen LogP contribution in [0.2, 0.25) is 0 Å². The second-order valence-electron chi connectivity index (χ2n) is 6.29. The van der Waals surface area contributed by atoms with E-state index in [1.807, 2.05) is 12.2 Å². The quantitative estimate of drug-likeness (QED) is 0.487. The fourth-order valence-electron chi connectivity index (χ4n) is 3.95. The Balaban J connectivity index is 1.60. The maximum Gasteiger partial charge on any atom is 0.254 e. The molecule has 3 aliphatic rings. The average Bonchev–Trinajstić information content (AvgIpc) is 3.23. The number of benzene rings is 1.